The maximum Gasteiger partial charge on any atom is 0.338 e. The number of carbonyl (C=O) groups is 1. The number of halogens is 1. The molecule has 0 aromatic heterocycles. The van der Waals surface area contributed by atoms with E-state index < -0.39 is 20.9 Å². The van der Waals surface area contributed by atoms with Crippen LogP contribution in [-0.2, 0) is 31.3 Å². The Morgan fingerprint density at radius 3 is 2.52 bits per heavy atom. The molecule has 8 nitrogen and oxygen atoms in total. The van der Waals surface area contributed by atoms with Crippen LogP contribution in [0.25, 0.3) is 0 Å². The van der Waals surface area contributed by atoms with Crippen molar-refractivity contribution < 1.29 is 27.4 Å². The van der Waals surface area contributed by atoms with Crippen LogP contribution in [0.3, 0.4) is 0 Å². The van der Waals surface area contributed by atoms with E-state index in [1.807, 2.05) is 65.3 Å². The molecule has 0 bridgehead atoms. The molecule has 0 amide bonds. The number of allylic oxidation sites excluding steroid dienone is 1. The van der Waals surface area contributed by atoms with Gasteiger partial charge in [-0.2, -0.15) is 3.85 Å². The summed E-state index contributed by atoms with van der Waals surface area (Å²) in [5.41, 5.74) is 4.36. The van der Waals surface area contributed by atoms with Gasteiger partial charge in [0, 0.05) is 30.6 Å². The number of benzene rings is 2. The van der Waals surface area contributed by atoms with Crippen molar-refractivity contribution in [2.45, 2.75) is 102 Å². The van der Waals surface area contributed by atoms with E-state index in [-0.39, 0.29) is 40.9 Å². The molecule has 0 N–H and O–H groups in total. The minimum Gasteiger partial charge on any atom is -0.490 e. The van der Waals surface area contributed by atoms with Gasteiger partial charge in [-0.3, -0.25) is 0 Å². The first-order chi connectivity index (χ1) is 24.5. The maximum atomic E-state index is 13.3. The van der Waals surface area contributed by atoms with Crippen LogP contribution in [0.4, 0.5) is 5.69 Å². The van der Waals surface area contributed by atoms with E-state index in [2.05, 4.69) is 37.0 Å². The van der Waals surface area contributed by atoms with Crippen molar-refractivity contribution in [3.63, 3.8) is 0 Å². The van der Waals surface area contributed by atoms with Gasteiger partial charge in [0.2, 0.25) is 10.0 Å². The zero-order valence-corrected chi connectivity index (χ0v) is 36.0. The van der Waals surface area contributed by atoms with Crippen molar-refractivity contribution in [2.24, 2.45) is 17.8 Å². The van der Waals surface area contributed by atoms with E-state index in [0.717, 1.165) is 67.2 Å². The third-order valence-corrected chi connectivity index (χ3v) is 17.8. The highest BCUT2D eigenvalue weighted by Gasteiger charge is 2.45. The number of nitrogens with zero attached hydrogens (tertiary/aromatic N) is 2. The average Bonchev–Trinajstić information content (AvgIpc) is 3.21. The Bertz CT molecular complexity index is 1730. The Hall–Kier alpha value is -1.73. The summed E-state index contributed by atoms with van der Waals surface area (Å²) in [7, 11) is -1.05. The molecule has 8 atom stereocenters. The highest BCUT2D eigenvalue weighted by Crippen LogP contribution is 2.47. The fraction of sp³-hybridized carbons (Fsp3) is 0.625. The number of anilines is 1. The van der Waals surface area contributed by atoms with Crippen LogP contribution in [0.15, 0.2) is 48.0 Å². The minimum absolute atomic E-state index is 0.0684. The van der Waals surface area contributed by atoms with Crippen LogP contribution in [-0.4, -0.2) is 75.3 Å². The first-order valence-corrected chi connectivity index (χ1v) is 23.4. The van der Waals surface area contributed by atoms with Crippen molar-refractivity contribution in [2.75, 3.05) is 45.0 Å². The number of carbonyl (C=O) groups excluding carboxylic acids is 1. The lowest BCUT2D eigenvalue weighted by molar-refractivity contribution is 0.00600. The molecule has 4 unspecified atom stereocenters. The quantitative estimate of drug-likeness (QED) is 0.114. The Morgan fingerprint density at radius 1 is 1.15 bits per heavy atom. The molecule has 1 fully saturated rings. The first kappa shape index (κ1) is 41.4. The van der Waals surface area contributed by atoms with Gasteiger partial charge >= 0.3 is 5.97 Å². The van der Waals surface area contributed by atoms with E-state index in [0.29, 0.717) is 30.4 Å². The highest BCUT2D eigenvalue weighted by atomic mass is 35.5. The number of ether oxygens (including phenoxy) is 3. The van der Waals surface area contributed by atoms with Gasteiger partial charge in [0.25, 0.3) is 0 Å². The molecule has 3 aliphatic rings. The van der Waals surface area contributed by atoms with Crippen LogP contribution in [0.5, 0.6) is 5.75 Å². The summed E-state index contributed by atoms with van der Waals surface area (Å²) < 4.78 is 46.7. The smallest absolute Gasteiger partial charge is 0.338 e. The molecule has 1 spiro atoms. The van der Waals surface area contributed by atoms with Gasteiger partial charge in [-0.05, 0) is 169 Å². The summed E-state index contributed by atoms with van der Waals surface area (Å²) in [5, 5.41) is 0.307. The van der Waals surface area contributed by atoms with Crippen LogP contribution in [0.2, 0.25) is 5.02 Å². The fourth-order valence-electron chi connectivity index (χ4n) is 8.58. The lowest BCUT2D eigenvalue weighted by Crippen LogP contribution is -2.50. The van der Waals surface area contributed by atoms with Gasteiger partial charge < -0.3 is 19.1 Å². The highest BCUT2D eigenvalue weighted by molar-refractivity contribution is 7.97. The van der Waals surface area contributed by atoms with Crippen molar-refractivity contribution >= 4 is 50.7 Å². The monoisotopic (exact) mass is 792 g/mol. The third kappa shape index (κ3) is 9.20. The lowest BCUT2D eigenvalue weighted by atomic mass is 9.67. The Morgan fingerprint density at radius 2 is 1.88 bits per heavy atom. The van der Waals surface area contributed by atoms with Crippen LogP contribution < -0.4 is 9.64 Å². The summed E-state index contributed by atoms with van der Waals surface area (Å²) in [6.07, 6.45) is 7.91. The van der Waals surface area contributed by atoms with E-state index >= 15 is 0 Å². The van der Waals surface area contributed by atoms with E-state index in [9.17, 15) is 13.2 Å². The molecule has 0 radical (unpaired) electrons. The summed E-state index contributed by atoms with van der Waals surface area (Å²) in [5.74, 6) is 1.19. The standard InChI is InChI=1S/C40H59ClN2O6P2S/c1-26(20-28(3)52(45,46)43(50-8)51-9)19-27(2)37(47-7)33-15-12-31(33)23-42-24-40(18-10-11-29-21-32(41)14-16-34(29)40)25-48-36-17-13-30(22-35(36)42)38(44)49-39(4,5)6/h13-14,16-17,19,21-22,26,28,31,33,37,50-51H,10-12,15,18,20,23-25H2,1-9H3/b27-19+/t26?,28?,31-,33+,37+,40-/m0/s1. The maximum absolute atomic E-state index is 13.3. The summed E-state index contributed by atoms with van der Waals surface area (Å²) >= 11 is 6.48. The number of fused-ring (bicyclic) bond motifs is 3. The predicted octanol–water partition coefficient (Wildman–Crippen LogP) is 9.25. The fourth-order valence-corrected chi connectivity index (χ4v) is 13.7. The summed E-state index contributed by atoms with van der Waals surface area (Å²) in [6.45, 7) is 17.7. The Balaban J connectivity index is 1.42. The normalized spacial score (nSPS) is 24.4. The number of aryl methyl sites for hydroxylation is 1. The lowest BCUT2D eigenvalue weighted by Gasteiger charge is -2.46. The minimum atomic E-state index is -3.32. The van der Waals surface area contributed by atoms with Gasteiger partial charge in [0.05, 0.1) is 29.2 Å². The number of methoxy groups -OCH3 is 1. The molecule has 1 saturated carbocycles. The molecule has 52 heavy (non-hydrogen) atoms. The molecular weight excluding hydrogens is 734 g/mol. The predicted molar refractivity (Wildman–Crippen MR) is 219 cm³/mol. The molecular formula is C40H59ClN2O6P2S. The van der Waals surface area contributed by atoms with Gasteiger partial charge in [-0.1, -0.05) is 30.7 Å². The number of sulfonamides is 1. The van der Waals surface area contributed by atoms with Crippen molar-refractivity contribution in [3.05, 3.63) is 69.8 Å². The molecule has 1 aliphatic heterocycles. The van der Waals surface area contributed by atoms with Crippen molar-refractivity contribution in [1.29, 1.82) is 0 Å². The largest absolute Gasteiger partial charge is 0.490 e. The van der Waals surface area contributed by atoms with Crippen LogP contribution in [0, 0.1) is 17.8 Å². The second kappa shape index (κ2) is 17.0. The van der Waals surface area contributed by atoms with Gasteiger partial charge in [0.15, 0.2) is 0 Å². The van der Waals surface area contributed by atoms with Crippen molar-refractivity contribution in [1.82, 2.24) is 3.85 Å². The van der Waals surface area contributed by atoms with Gasteiger partial charge in [0.1, 0.15) is 11.4 Å². The second-order valence-corrected chi connectivity index (χ2v) is 21.7. The van der Waals surface area contributed by atoms with Crippen molar-refractivity contribution in [3.8, 4) is 5.75 Å². The molecule has 12 heteroatoms. The van der Waals surface area contributed by atoms with Crippen LogP contribution >= 0.6 is 29.1 Å². The average molecular weight is 793 g/mol. The molecule has 1 heterocycles. The van der Waals surface area contributed by atoms with E-state index in [1.165, 1.54) is 11.1 Å². The Kier molecular flexibility index (Phi) is 13.5. The topological polar surface area (TPSA) is 85.4 Å². The zero-order chi connectivity index (χ0) is 38.0. The number of rotatable bonds is 13. The third-order valence-electron chi connectivity index (χ3n) is 11.1. The molecule has 5 rings (SSSR count). The number of hydrogen-bond donors (Lipinski definition) is 0. The second-order valence-electron chi connectivity index (χ2n) is 16.1. The summed E-state index contributed by atoms with van der Waals surface area (Å²) in [4.78, 5) is 15.8. The number of esters is 1. The summed E-state index contributed by atoms with van der Waals surface area (Å²) in [6, 6.07) is 12.0. The molecule has 0 saturated heterocycles. The SMILES string of the molecule is CO[C@H](/C(C)=C/C(C)CC(C)S(=O)(=O)N(PC)PC)[C@@H]1CC[C@H]1CN1C[C@@]2(CCCc3cc(Cl)ccc32)COc2ccc(C(=O)OC(C)(C)C)cc21. The molecule has 2 aromatic carbocycles. The van der Waals surface area contributed by atoms with Gasteiger partial charge in [-0.25, -0.2) is 13.2 Å². The Labute approximate surface area is 321 Å². The van der Waals surface area contributed by atoms with E-state index in [1.54, 1.807) is 11.0 Å². The first-order valence-electron chi connectivity index (χ1n) is 18.7. The van der Waals surface area contributed by atoms with Crippen LogP contribution in [0.1, 0.15) is 95.1 Å². The van der Waals surface area contributed by atoms with E-state index in [4.69, 9.17) is 25.8 Å². The molecule has 288 valence electrons. The molecule has 2 aromatic rings. The number of hydrogen-bond acceptors (Lipinski definition) is 7. The zero-order valence-electron chi connectivity index (χ0n) is 32.4. The molecule has 2 aliphatic carbocycles. The van der Waals surface area contributed by atoms with Gasteiger partial charge in [-0.15, -0.1) is 0 Å².